The van der Waals surface area contributed by atoms with Crippen molar-refractivity contribution in [3.63, 3.8) is 0 Å². The van der Waals surface area contributed by atoms with E-state index in [9.17, 15) is 4.79 Å². The van der Waals surface area contributed by atoms with Gasteiger partial charge in [-0.15, -0.1) is 17.8 Å². The second kappa shape index (κ2) is 6.68. The smallest absolute Gasteiger partial charge is 0.282 e. The molecule has 0 aliphatic carbocycles. The topological polar surface area (TPSA) is 34.4 Å². The highest BCUT2D eigenvalue weighted by Gasteiger charge is 2.15. The predicted molar refractivity (Wildman–Crippen MR) is 97.9 cm³/mol. The van der Waals surface area contributed by atoms with E-state index < -0.39 is 5.91 Å². The lowest BCUT2D eigenvalue weighted by molar-refractivity contribution is 0.0998. The molecule has 0 radical (unpaired) electrons. The van der Waals surface area contributed by atoms with Gasteiger partial charge in [-0.3, -0.25) is 4.79 Å². The van der Waals surface area contributed by atoms with Crippen LogP contribution < -0.4 is 4.80 Å². The highest BCUT2D eigenvalue weighted by molar-refractivity contribution is 7.20. The summed E-state index contributed by atoms with van der Waals surface area (Å²) in [5.74, 6) is 2.11. The summed E-state index contributed by atoms with van der Waals surface area (Å²) in [6.07, 6.45) is 5.42. The van der Waals surface area contributed by atoms with Crippen molar-refractivity contribution >= 4 is 73.6 Å². The summed E-state index contributed by atoms with van der Waals surface area (Å²) >= 11 is 20.4. The molecule has 3 rings (SSSR count). The number of benzene rings is 1. The Labute approximate surface area is 154 Å². The van der Waals surface area contributed by atoms with Crippen LogP contribution in [0, 0.1) is 12.3 Å². The standard InChI is InChI=1S/C15H7Cl3N2OS2/c1-2-5-20-10-4-3-8(16)6-11(10)22-15(20)19-14(21)9-7-12(17)23-13(9)18/h1,3-4,6-7H,5H2. The van der Waals surface area contributed by atoms with Gasteiger partial charge in [0.1, 0.15) is 4.34 Å². The van der Waals surface area contributed by atoms with Gasteiger partial charge < -0.3 is 4.57 Å². The Hall–Kier alpha value is -1.29. The van der Waals surface area contributed by atoms with E-state index in [2.05, 4.69) is 10.9 Å². The zero-order valence-corrected chi connectivity index (χ0v) is 15.2. The monoisotopic (exact) mass is 400 g/mol. The summed E-state index contributed by atoms with van der Waals surface area (Å²) in [6.45, 7) is 0.297. The number of hydrogen-bond donors (Lipinski definition) is 0. The third-order valence-corrected chi connectivity index (χ3v) is 5.74. The van der Waals surface area contributed by atoms with E-state index >= 15 is 0 Å². The molecule has 2 heterocycles. The molecule has 1 amide bonds. The van der Waals surface area contributed by atoms with E-state index in [1.54, 1.807) is 10.6 Å². The number of carbonyl (C=O) groups is 1. The van der Waals surface area contributed by atoms with Crippen molar-refractivity contribution in [3.05, 3.63) is 48.3 Å². The molecule has 0 aliphatic heterocycles. The van der Waals surface area contributed by atoms with Gasteiger partial charge in [-0.1, -0.05) is 52.1 Å². The summed E-state index contributed by atoms with van der Waals surface area (Å²) in [5, 5.41) is 0.608. The Morgan fingerprint density at radius 2 is 2.04 bits per heavy atom. The molecule has 0 N–H and O–H groups in total. The second-order valence-electron chi connectivity index (χ2n) is 4.44. The molecule has 3 aromatic rings. The minimum atomic E-state index is -0.457. The third kappa shape index (κ3) is 3.32. The van der Waals surface area contributed by atoms with Gasteiger partial charge in [0, 0.05) is 5.02 Å². The molecular weight excluding hydrogens is 395 g/mol. The fraction of sp³-hybridized carbons (Fsp3) is 0.0667. The summed E-state index contributed by atoms with van der Waals surface area (Å²) in [7, 11) is 0. The number of amides is 1. The van der Waals surface area contributed by atoms with E-state index in [1.807, 2.05) is 12.1 Å². The number of terminal acetylenes is 1. The maximum atomic E-state index is 12.4. The summed E-state index contributed by atoms with van der Waals surface area (Å²) in [5.41, 5.74) is 1.16. The molecule has 1 aromatic carbocycles. The molecule has 0 unspecified atom stereocenters. The average Bonchev–Trinajstić information content (AvgIpc) is 2.99. The fourth-order valence-electron chi connectivity index (χ4n) is 2.01. The van der Waals surface area contributed by atoms with Crippen LogP contribution in [0.5, 0.6) is 0 Å². The Bertz CT molecular complexity index is 1020. The lowest BCUT2D eigenvalue weighted by Crippen LogP contribution is -2.16. The van der Waals surface area contributed by atoms with Crippen molar-refractivity contribution in [1.29, 1.82) is 0 Å². The maximum absolute atomic E-state index is 12.4. The highest BCUT2D eigenvalue weighted by atomic mass is 35.5. The number of halogens is 3. The molecule has 0 bridgehead atoms. The molecule has 0 spiro atoms. The Kier molecular flexibility index (Phi) is 4.81. The molecular formula is C15H7Cl3N2OS2. The largest absolute Gasteiger partial charge is 0.305 e. The van der Waals surface area contributed by atoms with Crippen LogP contribution in [0.1, 0.15) is 10.4 Å². The molecule has 8 heteroatoms. The average molecular weight is 402 g/mol. The van der Waals surface area contributed by atoms with Crippen molar-refractivity contribution in [2.45, 2.75) is 6.54 Å². The normalized spacial score (nSPS) is 11.8. The van der Waals surface area contributed by atoms with Crippen LogP contribution in [0.15, 0.2) is 29.3 Å². The minimum Gasteiger partial charge on any atom is -0.305 e. The van der Waals surface area contributed by atoms with E-state index in [0.717, 1.165) is 21.6 Å². The van der Waals surface area contributed by atoms with E-state index in [1.165, 1.54) is 17.4 Å². The molecule has 0 saturated carbocycles. The highest BCUT2D eigenvalue weighted by Crippen LogP contribution is 2.31. The van der Waals surface area contributed by atoms with Crippen LogP contribution >= 0.6 is 57.5 Å². The van der Waals surface area contributed by atoms with Crippen LogP contribution in [0.4, 0.5) is 0 Å². The van der Waals surface area contributed by atoms with Crippen molar-refractivity contribution < 1.29 is 4.79 Å². The molecule has 0 aliphatic rings. The molecule has 116 valence electrons. The van der Waals surface area contributed by atoms with Crippen molar-refractivity contribution in [2.75, 3.05) is 0 Å². The van der Waals surface area contributed by atoms with Gasteiger partial charge in [0.05, 0.1) is 26.7 Å². The first-order valence-corrected chi connectivity index (χ1v) is 9.02. The first-order chi connectivity index (χ1) is 11.0. The lowest BCUT2D eigenvalue weighted by Gasteiger charge is -1.99. The molecule has 3 nitrogen and oxygen atoms in total. The molecule has 0 atom stereocenters. The maximum Gasteiger partial charge on any atom is 0.282 e. The van der Waals surface area contributed by atoms with Crippen LogP contribution in [0.2, 0.25) is 13.7 Å². The predicted octanol–water partition coefficient (Wildman–Crippen LogP) is 5.10. The van der Waals surface area contributed by atoms with Gasteiger partial charge in [-0.05, 0) is 24.3 Å². The third-order valence-electron chi connectivity index (χ3n) is 2.98. The second-order valence-corrected chi connectivity index (χ2v) is 8.17. The Balaban J connectivity index is 2.18. The summed E-state index contributed by atoms with van der Waals surface area (Å²) in [4.78, 5) is 17.0. The SMILES string of the molecule is C#CCn1c(=NC(=O)c2cc(Cl)sc2Cl)sc2cc(Cl)ccc21. The van der Waals surface area contributed by atoms with E-state index in [4.69, 9.17) is 41.2 Å². The van der Waals surface area contributed by atoms with Crippen LogP contribution in [0.25, 0.3) is 10.2 Å². The minimum absolute atomic E-state index is 0.282. The zero-order valence-electron chi connectivity index (χ0n) is 11.3. The van der Waals surface area contributed by atoms with Gasteiger partial charge in [-0.2, -0.15) is 4.99 Å². The first-order valence-electron chi connectivity index (χ1n) is 6.26. The molecule has 23 heavy (non-hydrogen) atoms. The van der Waals surface area contributed by atoms with Gasteiger partial charge in [0.25, 0.3) is 5.91 Å². The van der Waals surface area contributed by atoms with Crippen LogP contribution in [-0.2, 0) is 6.54 Å². The molecule has 2 aromatic heterocycles. The Morgan fingerprint density at radius 3 is 2.70 bits per heavy atom. The van der Waals surface area contributed by atoms with Crippen molar-refractivity contribution in [3.8, 4) is 12.3 Å². The van der Waals surface area contributed by atoms with Crippen molar-refractivity contribution in [2.24, 2.45) is 4.99 Å². The van der Waals surface area contributed by atoms with E-state index in [0.29, 0.717) is 25.0 Å². The molecule has 0 fully saturated rings. The lowest BCUT2D eigenvalue weighted by atomic mass is 10.3. The number of nitrogens with zero attached hydrogens (tertiary/aromatic N) is 2. The van der Waals surface area contributed by atoms with Crippen LogP contribution in [0.3, 0.4) is 0 Å². The van der Waals surface area contributed by atoms with Gasteiger partial charge in [0.2, 0.25) is 0 Å². The number of thiazole rings is 1. The number of rotatable bonds is 2. The Morgan fingerprint density at radius 1 is 1.26 bits per heavy atom. The number of hydrogen-bond acceptors (Lipinski definition) is 3. The zero-order chi connectivity index (χ0) is 16.6. The number of fused-ring (bicyclic) bond motifs is 1. The van der Waals surface area contributed by atoms with Crippen LogP contribution in [-0.4, -0.2) is 10.5 Å². The molecule has 0 saturated heterocycles. The summed E-state index contributed by atoms with van der Waals surface area (Å²) in [6, 6.07) is 6.94. The van der Waals surface area contributed by atoms with Gasteiger partial charge in [-0.25, -0.2) is 0 Å². The quantitative estimate of drug-likeness (QED) is 0.550. The fourth-order valence-corrected chi connectivity index (χ4v) is 4.76. The van der Waals surface area contributed by atoms with E-state index in [-0.39, 0.29) is 5.56 Å². The first kappa shape index (κ1) is 16.6. The number of carbonyl (C=O) groups excluding carboxylic acids is 1. The van der Waals surface area contributed by atoms with Gasteiger partial charge in [0.15, 0.2) is 4.80 Å². The number of aromatic nitrogens is 1. The van der Waals surface area contributed by atoms with Gasteiger partial charge >= 0.3 is 0 Å². The number of thiophene rings is 1. The van der Waals surface area contributed by atoms with Crippen molar-refractivity contribution in [1.82, 2.24) is 4.57 Å². The summed E-state index contributed by atoms with van der Waals surface area (Å²) < 4.78 is 3.44.